The maximum absolute atomic E-state index is 12.6. The largest absolute Gasteiger partial charge is 0.378 e. The van der Waals surface area contributed by atoms with Gasteiger partial charge in [-0.2, -0.15) is 0 Å². The van der Waals surface area contributed by atoms with E-state index in [-0.39, 0.29) is 5.41 Å². The molecule has 4 aliphatic carbocycles. The van der Waals surface area contributed by atoms with Crippen LogP contribution >= 0.6 is 0 Å². The number of fused-ring (bicyclic) bond motifs is 5. The summed E-state index contributed by atoms with van der Waals surface area (Å²) in [6.07, 6.45) is 11.3. The van der Waals surface area contributed by atoms with Crippen LogP contribution in [0.2, 0.25) is 0 Å². The fraction of sp³-hybridized carbons (Fsp3) is 0.960. The number of hydrogen-bond acceptors (Lipinski definition) is 4. The fourth-order valence-corrected chi connectivity index (χ4v) is 7.76. The van der Waals surface area contributed by atoms with E-state index in [0.717, 1.165) is 56.8 Å². The van der Waals surface area contributed by atoms with Gasteiger partial charge in [0, 0.05) is 18.4 Å². The van der Waals surface area contributed by atoms with Crippen LogP contribution in [0.3, 0.4) is 0 Å². The topological polar surface area (TPSA) is 38.8 Å². The van der Waals surface area contributed by atoms with Crippen molar-refractivity contribution < 1.29 is 14.3 Å². The highest BCUT2D eigenvalue weighted by atomic mass is 16.5. The first-order valence-electron chi connectivity index (χ1n) is 12.2. The Bertz CT molecular complexity index is 593. The lowest BCUT2D eigenvalue weighted by Crippen LogP contribution is -2.54. The van der Waals surface area contributed by atoms with E-state index >= 15 is 0 Å². The van der Waals surface area contributed by atoms with Crippen LogP contribution in [0.5, 0.6) is 0 Å². The molecule has 0 aromatic rings. The summed E-state index contributed by atoms with van der Waals surface area (Å²) < 4.78 is 11.9. The first kappa shape index (κ1) is 21.8. The van der Waals surface area contributed by atoms with Crippen molar-refractivity contribution in [3.05, 3.63) is 0 Å². The highest BCUT2D eigenvalue weighted by Gasteiger charge is 2.60. The summed E-state index contributed by atoms with van der Waals surface area (Å²) in [7, 11) is 4.15. The third kappa shape index (κ3) is 4.06. The van der Waals surface area contributed by atoms with Gasteiger partial charge in [-0.3, -0.25) is 4.79 Å². The number of ether oxygens (including phenoxy) is 2. The third-order valence-corrected chi connectivity index (χ3v) is 9.59. The van der Waals surface area contributed by atoms with Gasteiger partial charge in [0.15, 0.2) is 0 Å². The van der Waals surface area contributed by atoms with E-state index in [4.69, 9.17) is 9.47 Å². The predicted molar refractivity (Wildman–Crippen MR) is 116 cm³/mol. The molecule has 4 aliphatic rings. The first-order chi connectivity index (χ1) is 13.8. The van der Waals surface area contributed by atoms with Gasteiger partial charge < -0.3 is 14.4 Å². The number of likely N-dealkylation sites (N-methyl/N-ethyl adjacent to an activating group) is 1. The molecule has 0 aliphatic heterocycles. The van der Waals surface area contributed by atoms with Gasteiger partial charge in [-0.25, -0.2) is 0 Å². The second-order valence-electron chi connectivity index (χ2n) is 11.3. The van der Waals surface area contributed by atoms with Gasteiger partial charge in [-0.1, -0.05) is 13.8 Å². The van der Waals surface area contributed by atoms with Crippen molar-refractivity contribution in [3.8, 4) is 0 Å². The van der Waals surface area contributed by atoms with Crippen LogP contribution in [0.15, 0.2) is 0 Å². The molecule has 0 aromatic heterocycles. The van der Waals surface area contributed by atoms with Gasteiger partial charge in [0.1, 0.15) is 5.78 Å². The standard InChI is InChI=1S/C25H43NO3/c1-24-11-9-19(29-16-15-28-14-13-26(3)4)17-18(24)5-6-20-21-7-8-23(27)25(21,2)12-10-22(20)24/h18-22H,5-17H2,1-4H3/t18?,19-,20?,21?,22?,24-,25-/m0/s1. The van der Waals surface area contributed by atoms with Crippen molar-refractivity contribution >= 4 is 5.78 Å². The number of ketones is 1. The molecule has 0 amide bonds. The van der Waals surface area contributed by atoms with E-state index in [9.17, 15) is 4.79 Å². The number of rotatable bonds is 7. The summed E-state index contributed by atoms with van der Waals surface area (Å²) in [4.78, 5) is 14.7. The number of carbonyl (C=O) groups is 1. The maximum atomic E-state index is 12.6. The zero-order valence-corrected chi connectivity index (χ0v) is 19.3. The number of Topliss-reactive ketones (excluding diaryl/α,β-unsaturated/α-hetero) is 1. The van der Waals surface area contributed by atoms with Crippen molar-refractivity contribution in [3.63, 3.8) is 0 Å². The Labute approximate surface area is 178 Å². The van der Waals surface area contributed by atoms with Gasteiger partial charge in [-0.15, -0.1) is 0 Å². The lowest BCUT2D eigenvalue weighted by molar-refractivity contribution is -0.146. The molecule has 0 radical (unpaired) electrons. The quantitative estimate of drug-likeness (QED) is 0.582. The van der Waals surface area contributed by atoms with Crippen LogP contribution in [-0.4, -0.2) is 57.2 Å². The van der Waals surface area contributed by atoms with E-state index in [2.05, 4.69) is 32.8 Å². The smallest absolute Gasteiger partial charge is 0.139 e. The van der Waals surface area contributed by atoms with E-state index in [1.54, 1.807) is 0 Å². The van der Waals surface area contributed by atoms with E-state index in [1.165, 1.54) is 38.5 Å². The van der Waals surface area contributed by atoms with Crippen molar-refractivity contribution in [2.24, 2.45) is 34.5 Å². The lowest BCUT2D eigenvalue weighted by Gasteiger charge is -2.60. The van der Waals surface area contributed by atoms with Gasteiger partial charge in [0.2, 0.25) is 0 Å². The Hall–Kier alpha value is -0.450. The average molecular weight is 406 g/mol. The summed E-state index contributed by atoms with van der Waals surface area (Å²) in [6, 6.07) is 0. The highest BCUT2D eigenvalue weighted by molar-refractivity contribution is 5.87. The minimum atomic E-state index is 0.0112. The number of hydrogen-bond donors (Lipinski definition) is 0. The Morgan fingerprint density at radius 2 is 1.79 bits per heavy atom. The zero-order chi connectivity index (χ0) is 20.6. The van der Waals surface area contributed by atoms with Gasteiger partial charge in [-0.05, 0) is 94.5 Å². The summed E-state index contributed by atoms with van der Waals surface area (Å²) in [5, 5.41) is 0. The summed E-state index contributed by atoms with van der Waals surface area (Å²) in [5.74, 6) is 3.67. The molecule has 166 valence electrons. The Morgan fingerprint density at radius 3 is 2.59 bits per heavy atom. The SMILES string of the molecule is CN(C)CCOCCO[C@H]1CC[C@@]2(C)C(CCC3C2CC[C@]2(C)C(=O)CCC32)C1. The highest BCUT2D eigenvalue weighted by Crippen LogP contribution is 2.65. The fourth-order valence-electron chi connectivity index (χ4n) is 7.76. The molecule has 4 nitrogen and oxygen atoms in total. The molecule has 0 saturated heterocycles. The summed E-state index contributed by atoms with van der Waals surface area (Å²) in [6.45, 7) is 8.09. The minimum absolute atomic E-state index is 0.0112. The van der Waals surface area contributed by atoms with Crippen molar-refractivity contribution in [1.29, 1.82) is 0 Å². The van der Waals surface area contributed by atoms with Gasteiger partial charge >= 0.3 is 0 Å². The lowest BCUT2D eigenvalue weighted by atomic mass is 9.45. The molecule has 7 atom stereocenters. The van der Waals surface area contributed by atoms with Crippen LogP contribution in [0.1, 0.15) is 71.6 Å². The molecule has 0 bridgehead atoms. The normalized spacial score (nSPS) is 44.4. The monoisotopic (exact) mass is 405 g/mol. The minimum Gasteiger partial charge on any atom is -0.378 e. The van der Waals surface area contributed by atoms with E-state index in [0.29, 0.717) is 29.8 Å². The Kier molecular flexibility index (Phi) is 6.45. The molecule has 0 aromatic carbocycles. The van der Waals surface area contributed by atoms with Crippen molar-refractivity contribution in [1.82, 2.24) is 4.90 Å². The van der Waals surface area contributed by atoms with Crippen LogP contribution in [0.25, 0.3) is 0 Å². The van der Waals surface area contributed by atoms with Gasteiger partial charge in [0.25, 0.3) is 0 Å². The molecule has 4 fully saturated rings. The van der Waals surface area contributed by atoms with E-state index < -0.39 is 0 Å². The van der Waals surface area contributed by atoms with Crippen molar-refractivity contribution in [2.45, 2.75) is 77.7 Å². The van der Waals surface area contributed by atoms with Crippen LogP contribution in [0, 0.1) is 34.5 Å². The number of nitrogens with zero attached hydrogens (tertiary/aromatic N) is 1. The molecule has 0 N–H and O–H groups in total. The number of carbonyl (C=O) groups excluding carboxylic acids is 1. The van der Waals surface area contributed by atoms with Crippen molar-refractivity contribution in [2.75, 3.05) is 40.5 Å². The molecular weight excluding hydrogens is 362 g/mol. The molecule has 29 heavy (non-hydrogen) atoms. The summed E-state index contributed by atoms with van der Waals surface area (Å²) >= 11 is 0. The molecule has 4 unspecified atom stereocenters. The van der Waals surface area contributed by atoms with E-state index in [1.807, 2.05) is 0 Å². The summed E-state index contributed by atoms with van der Waals surface area (Å²) in [5.41, 5.74) is 0.481. The second-order valence-corrected chi connectivity index (χ2v) is 11.3. The van der Waals surface area contributed by atoms with Crippen LogP contribution in [0.4, 0.5) is 0 Å². The average Bonchev–Trinajstić information content (AvgIpc) is 2.99. The predicted octanol–water partition coefficient (Wildman–Crippen LogP) is 4.56. The molecule has 4 saturated carbocycles. The third-order valence-electron chi connectivity index (χ3n) is 9.59. The maximum Gasteiger partial charge on any atom is 0.139 e. The Morgan fingerprint density at radius 1 is 0.966 bits per heavy atom. The second kappa shape index (κ2) is 8.59. The van der Waals surface area contributed by atoms with Crippen LogP contribution < -0.4 is 0 Å². The zero-order valence-electron chi connectivity index (χ0n) is 19.3. The van der Waals surface area contributed by atoms with Crippen LogP contribution in [-0.2, 0) is 14.3 Å². The Balaban J connectivity index is 1.29. The molecule has 4 rings (SSSR count). The molecule has 4 heteroatoms. The molecular formula is C25H43NO3. The van der Waals surface area contributed by atoms with Gasteiger partial charge in [0.05, 0.1) is 25.9 Å². The first-order valence-corrected chi connectivity index (χ1v) is 12.2. The molecule has 0 spiro atoms. The molecule has 0 heterocycles.